The molecule has 8 heteroatoms. The van der Waals surface area contributed by atoms with Crippen LogP contribution in [0.25, 0.3) is 0 Å². The number of hydrogen-bond acceptors (Lipinski definition) is 5. The van der Waals surface area contributed by atoms with Crippen LogP contribution >= 0.6 is 0 Å². The number of aryl methyl sites for hydroxylation is 1. The summed E-state index contributed by atoms with van der Waals surface area (Å²) >= 11 is 0. The molecule has 0 radical (unpaired) electrons. The van der Waals surface area contributed by atoms with E-state index in [0.29, 0.717) is 0 Å². The van der Waals surface area contributed by atoms with Crippen molar-refractivity contribution in [3.63, 3.8) is 0 Å². The first kappa shape index (κ1) is 11.7. The smallest absolute Gasteiger partial charge is 0.356 e. The highest BCUT2D eigenvalue weighted by atomic mass is 32.2. The van der Waals surface area contributed by atoms with E-state index >= 15 is 0 Å². The van der Waals surface area contributed by atoms with E-state index in [9.17, 15) is 13.2 Å². The molecular formula is C7H11N3O4S. The van der Waals surface area contributed by atoms with Crippen molar-refractivity contribution < 1.29 is 17.9 Å². The maximum Gasteiger partial charge on any atom is 0.356 e. The van der Waals surface area contributed by atoms with Gasteiger partial charge in [0.05, 0.1) is 6.61 Å². The van der Waals surface area contributed by atoms with Gasteiger partial charge in [-0.2, -0.15) is 5.10 Å². The van der Waals surface area contributed by atoms with E-state index in [1.54, 1.807) is 6.92 Å². The summed E-state index contributed by atoms with van der Waals surface area (Å²) in [6, 6.07) is 1.08. The first-order valence-electron chi connectivity index (χ1n) is 4.10. The molecular weight excluding hydrogens is 222 g/mol. The molecule has 0 saturated heterocycles. The van der Waals surface area contributed by atoms with E-state index in [0.717, 1.165) is 10.7 Å². The molecule has 0 aliphatic rings. The van der Waals surface area contributed by atoms with Crippen molar-refractivity contribution in [1.82, 2.24) is 9.78 Å². The van der Waals surface area contributed by atoms with Crippen LogP contribution in [0, 0.1) is 0 Å². The summed E-state index contributed by atoms with van der Waals surface area (Å²) in [7, 11) is -2.46. The molecule has 7 nitrogen and oxygen atoms in total. The number of primary sulfonamides is 1. The Kier molecular flexibility index (Phi) is 3.10. The second kappa shape index (κ2) is 3.99. The monoisotopic (exact) mass is 233 g/mol. The van der Waals surface area contributed by atoms with Crippen molar-refractivity contribution in [1.29, 1.82) is 0 Å². The van der Waals surface area contributed by atoms with Gasteiger partial charge >= 0.3 is 5.97 Å². The highest BCUT2D eigenvalue weighted by Gasteiger charge is 2.19. The predicted octanol–water partition coefficient (Wildman–Crippen LogP) is -0.756. The van der Waals surface area contributed by atoms with Gasteiger partial charge in [-0.3, -0.25) is 4.68 Å². The Balaban J connectivity index is 3.13. The molecule has 2 N–H and O–H groups in total. The number of aromatic nitrogens is 2. The molecule has 0 saturated carbocycles. The summed E-state index contributed by atoms with van der Waals surface area (Å²) in [6.07, 6.45) is 0. The van der Waals surface area contributed by atoms with Crippen molar-refractivity contribution >= 4 is 16.0 Å². The number of carbonyl (C=O) groups is 1. The Morgan fingerprint density at radius 2 is 2.27 bits per heavy atom. The van der Waals surface area contributed by atoms with Crippen LogP contribution < -0.4 is 5.14 Å². The summed E-state index contributed by atoms with van der Waals surface area (Å²) in [4.78, 5) is 11.3. The molecule has 0 aromatic carbocycles. The number of nitrogens with zero attached hydrogens (tertiary/aromatic N) is 2. The second-order valence-electron chi connectivity index (χ2n) is 2.76. The number of sulfonamides is 1. The molecule has 0 atom stereocenters. The van der Waals surface area contributed by atoms with Crippen LogP contribution in [0.2, 0.25) is 0 Å². The normalized spacial score (nSPS) is 11.4. The minimum Gasteiger partial charge on any atom is -0.461 e. The van der Waals surface area contributed by atoms with Crippen molar-refractivity contribution in [2.24, 2.45) is 12.2 Å². The van der Waals surface area contributed by atoms with Crippen LogP contribution in [0.15, 0.2) is 11.1 Å². The lowest BCUT2D eigenvalue weighted by Crippen LogP contribution is -2.13. The van der Waals surface area contributed by atoms with Crippen LogP contribution in [-0.4, -0.2) is 30.8 Å². The van der Waals surface area contributed by atoms with Gasteiger partial charge in [-0.1, -0.05) is 0 Å². The molecule has 1 aromatic rings. The predicted molar refractivity (Wildman–Crippen MR) is 50.5 cm³/mol. The van der Waals surface area contributed by atoms with Crippen molar-refractivity contribution in [2.45, 2.75) is 11.9 Å². The van der Waals surface area contributed by atoms with Crippen LogP contribution in [0.4, 0.5) is 0 Å². The van der Waals surface area contributed by atoms with E-state index < -0.39 is 16.0 Å². The number of carbonyl (C=O) groups excluding carboxylic acids is 1. The van der Waals surface area contributed by atoms with Gasteiger partial charge in [-0.25, -0.2) is 18.4 Å². The molecule has 1 rings (SSSR count). The zero-order valence-electron chi connectivity index (χ0n) is 8.30. The highest BCUT2D eigenvalue weighted by Crippen LogP contribution is 2.08. The van der Waals surface area contributed by atoms with E-state index in [-0.39, 0.29) is 17.3 Å². The Bertz CT molecular complexity index is 476. The zero-order chi connectivity index (χ0) is 11.6. The van der Waals surface area contributed by atoms with E-state index in [1.807, 2.05) is 0 Å². The first-order chi connectivity index (χ1) is 6.86. The molecule has 0 spiro atoms. The van der Waals surface area contributed by atoms with Gasteiger partial charge in [0, 0.05) is 13.1 Å². The average Bonchev–Trinajstić information content (AvgIpc) is 2.47. The third-order valence-corrected chi connectivity index (χ3v) is 2.42. The summed E-state index contributed by atoms with van der Waals surface area (Å²) in [5.41, 5.74) is 0.0425. The topological polar surface area (TPSA) is 104 Å². The molecule has 15 heavy (non-hydrogen) atoms. The summed E-state index contributed by atoms with van der Waals surface area (Å²) < 4.78 is 27.7. The van der Waals surface area contributed by atoms with Gasteiger partial charge in [0.1, 0.15) is 5.69 Å². The van der Waals surface area contributed by atoms with Gasteiger partial charge in [0.15, 0.2) is 5.03 Å². The number of esters is 1. The van der Waals surface area contributed by atoms with Crippen molar-refractivity contribution in [3.05, 3.63) is 11.8 Å². The minimum absolute atomic E-state index is 0.0425. The van der Waals surface area contributed by atoms with Crippen LogP contribution in [0.1, 0.15) is 17.4 Å². The van der Waals surface area contributed by atoms with Gasteiger partial charge < -0.3 is 4.74 Å². The number of ether oxygens (including phenoxy) is 1. The summed E-state index contributed by atoms with van der Waals surface area (Å²) in [5.74, 6) is -0.637. The van der Waals surface area contributed by atoms with Gasteiger partial charge in [0.2, 0.25) is 0 Å². The maximum atomic E-state index is 11.3. The Morgan fingerprint density at radius 1 is 1.67 bits per heavy atom. The zero-order valence-corrected chi connectivity index (χ0v) is 9.11. The third kappa shape index (κ3) is 2.54. The average molecular weight is 233 g/mol. The molecule has 0 aliphatic carbocycles. The van der Waals surface area contributed by atoms with Crippen LogP contribution in [-0.2, 0) is 21.8 Å². The van der Waals surface area contributed by atoms with Gasteiger partial charge in [-0.05, 0) is 6.92 Å². The third-order valence-electron chi connectivity index (χ3n) is 1.63. The van der Waals surface area contributed by atoms with E-state index in [1.165, 1.54) is 7.05 Å². The number of nitrogens with two attached hydrogens (primary N) is 1. The molecule has 0 amide bonds. The second-order valence-corrected chi connectivity index (χ2v) is 4.27. The fraction of sp³-hybridized carbons (Fsp3) is 0.429. The molecule has 0 fully saturated rings. The lowest BCUT2D eigenvalue weighted by atomic mass is 10.4. The minimum atomic E-state index is -3.89. The number of hydrogen-bond donors (Lipinski definition) is 1. The quantitative estimate of drug-likeness (QED) is 0.691. The standard InChI is InChI=1S/C7H11N3O4S/c1-3-14-7(11)5-4-6(9-10(5)2)15(8,12)13/h4H,3H2,1-2H3,(H2,8,12,13). The van der Waals surface area contributed by atoms with Crippen molar-refractivity contribution in [3.8, 4) is 0 Å². The molecule has 0 bridgehead atoms. The fourth-order valence-corrected chi connectivity index (χ4v) is 1.49. The maximum absolute atomic E-state index is 11.3. The lowest BCUT2D eigenvalue weighted by molar-refractivity contribution is 0.0513. The molecule has 1 heterocycles. The molecule has 0 aliphatic heterocycles. The Labute approximate surface area is 86.9 Å². The molecule has 1 aromatic heterocycles. The van der Waals surface area contributed by atoms with Gasteiger partial charge in [-0.15, -0.1) is 0 Å². The van der Waals surface area contributed by atoms with Crippen LogP contribution in [0.3, 0.4) is 0 Å². The fourth-order valence-electron chi connectivity index (χ4n) is 0.976. The largest absolute Gasteiger partial charge is 0.461 e. The summed E-state index contributed by atoms with van der Waals surface area (Å²) in [5, 5.41) is 8.09. The highest BCUT2D eigenvalue weighted by molar-refractivity contribution is 7.89. The molecule has 0 unspecified atom stereocenters. The van der Waals surface area contributed by atoms with E-state index in [2.05, 4.69) is 5.10 Å². The first-order valence-corrected chi connectivity index (χ1v) is 5.65. The Hall–Kier alpha value is -1.41. The summed E-state index contributed by atoms with van der Waals surface area (Å²) in [6.45, 7) is 1.85. The molecule has 84 valence electrons. The van der Waals surface area contributed by atoms with Crippen molar-refractivity contribution in [2.75, 3.05) is 6.61 Å². The van der Waals surface area contributed by atoms with Crippen LogP contribution in [0.5, 0.6) is 0 Å². The SMILES string of the molecule is CCOC(=O)c1cc(S(N)(=O)=O)nn1C. The lowest BCUT2D eigenvalue weighted by Gasteiger charge is -1.99. The van der Waals surface area contributed by atoms with E-state index in [4.69, 9.17) is 9.88 Å². The Morgan fingerprint density at radius 3 is 2.67 bits per heavy atom. The van der Waals surface area contributed by atoms with Gasteiger partial charge in [0.25, 0.3) is 10.0 Å². The number of rotatable bonds is 3.